The van der Waals surface area contributed by atoms with Gasteiger partial charge in [-0.1, -0.05) is 32.9 Å². The smallest absolute Gasteiger partial charge is 0.252 e. The van der Waals surface area contributed by atoms with Gasteiger partial charge in [-0.05, 0) is 43.9 Å². The molecule has 1 atom stereocenters. The molecule has 1 unspecified atom stereocenters. The van der Waals surface area contributed by atoms with E-state index in [0.717, 1.165) is 5.69 Å². The second-order valence-electron chi connectivity index (χ2n) is 6.46. The van der Waals surface area contributed by atoms with E-state index in [4.69, 9.17) is 0 Å². The molecular formula is C17H24N2O2. The zero-order valence-electron chi connectivity index (χ0n) is 13.4. The summed E-state index contributed by atoms with van der Waals surface area (Å²) in [5.74, 6) is 0.235. The molecule has 1 aliphatic heterocycles. The number of nitrogens with zero attached hydrogens (tertiary/aromatic N) is 1. The van der Waals surface area contributed by atoms with Crippen molar-refractivity contribution in [1.82, 2.24) is 5.32 Å². The van der Waals surface area contributed by atoms with Crippen LogP contribution in [0.3, 0.4) is 0 Å². The predicted molar refractivity (Wildman–Crippen MR) is 84.3 cm³/mol. The first-order chi connectivity index (χ1) is 9.77. The lowest BCUT2D eigenvalue weighted by Crippen LogP contribution is -2.68. The van der Waals surface area contributed by atoms with Crippen LogP contribution in [0.25, 0.3) is 0 Å². The van der Waals surface area contributed by atoms with Crippen LogP contribution in [0.1, 0.15) is 52.5 Å². The number of rotatable bonds is 3. The summed E-state index contributed by atoms with van der Waals surface area (Å²) in [6, 6.07) is 7.48. The van der Waals surface area contributed by atoms with Gasteiger partial charge in [0.2, 0.25) is 5.91 Å². The van der Waals surface area contributed by atoms with Gasteiger partial charge in [0, 0.05) is 5.69 Å². The molecular weight excluding hydrogens is 264 g/mol. The highest BCUT2D eigenvalue weighted by Gasteiger charge is 2.45. The molecule has 0 aromatic heterocycles. The topological polar surface area (TPSA) is 49.4 Å². The van der Waals surface area contributed by atoms with Crippen LogP contribution in [0.15, 0.2) is 24.3 Å². The molecule has 2 amide bonds. The molecule has 0 bridgehead atoms. The summed E-state index contributed by atoms with van der Waals surface area (Å²) in [4.78, 5) is 26.7. The molecule has 0 saturated carbocycles. The third kappa shape index (κ3) is 2.80. The largest absolute Gasteiger partial charge is 0.340 e. The van der Waals surface area contributed by atoms with Crippen molar-refractivity contribution in [2.45, 2.75) is 58.5 Å². The van der Waals surface area contributed by atoms with Gasteiger partial charge in [0.25, 0.3) is 5.91 Å². The van der Waals surface area contributed by atoms with E-state index in [-0.39, 0.29) is 11.8 Å². The average Bonchev–Trinajstić information content (AvgIpc) is 2.42. The Morgan fingerprint density at radius 2 is 1.95 bits per heavy atom. The summed E-state index contributed by atoms with van der Waals surface area (Å²) in [5.41, 5.74) is 1.11. The molecule has 0 spiro atoms. The number of nitrogens with one attached hydrogen (secondary N) is 1. The fourth-order valence-corrected chi connectivity index (χ4v) is 2.70. The summed E-state index contributed by atoms with van der Waals surface area (Å²) < 4.78 is 0. The van der Waals surface area contributed by atoms with E-state index < -0.39 is 11.6 Å². The lowest BCUT2D eigenvalue weighted by molar-refractivity contribution is -0.137. The minimum absolute atomic E-state index is 0.0603. The number of amides is 2. The quantitative estimate of drug-likeness (QED) is 0.929. The standard InChI is InChI=1S/C17H24N2O2/c1-6-14-15(20)18-17(4,5)16(21)19(14)13-9-7-8-12(10-13)11(2)3/h7-11,14H,6H2,1-5H3,(H,18,20). The van der Waals surface area contributed by atoms with Gasteiger partial charge >= 0.3 is 0 Å². The van der Waals surface area contributed by atoms with E-state index in [1.54, 1.807) is 18.7 Å². The Hall–Kier alpha value is -1.84. The Bertz CT molecular complexity index is 564. The number of hydrogen-bond acceptors (Lipinski definition) is 2. The van der Waals surface area contributed by atoms with Crippen LogP contribution in [0.2, 0.25) is 0 Å². The van der Waals surface area contributed by atoms with Crippen LogP contribution in [-0.2, 0) is 9.59 Å². The first-order valence-corrected chi connectivity index (χ1v) is 7.53. The Labute approximate surface area is 126 Å². The minimum Gasteiger partial charge on any atom is -0.340 e. The molecule has 1 aromatic rings. The Morgan fingerprint density at radius 3 is 2.52 bits per heavy atom. The Kier molecular flexibility index (Phi) is 4.08. The number of carbonyl (C=O) groups excluding carboxylic acids is 2. The van der Waals surface area contributed by atoms with E-state index in [0.29, 0.717) is 12.3 Å². The van der Waals surface area contributed by atoms with Crippen molar-refractivity contribution in [3.8, 4) is 0 Å². The third-order valence-corrected chi connectivity index (χ3v) is 4.01. The number of piperazine rings is 1. The summed E-state index contributed by atoms with van der Waals surface area (Å²) in [6.45, 7) is 9.65. The number of hydrogen-bond donors (Lipinski definition) is 1. The highest BCUT2D eigenvalue weighted by molar-refractivity contribution is 6.10. The van der Waals surface area contributed by atoms with Gasteiger partial charge in [0.05, 0.1) is 0 Å². The monoisotopic (exact) mass is 288 g/mol. The minimum atomic E-state index is -0.864. The maximum atomic E-state index is 12.8. The van der Waals surface area contributed by atoms with Crippen LogP contribution in [0, 0.1) is 0 Å². The van der Waals surface area contributed by atoms with Crippen LogP contribution in [0.5, 0.6) is 0 Å². The molecule has 1 aliphatic rings. The number of benzene rings is 1. The second kappa shape index (κ2) is 5.51. The molecule has 21 heavy (non-hydrogen) atoms. The summed E-state index contributed by atoms with van der Waals surface area (Å²) in [6.07, 6.45) is 0.597. The third-order valence-electron chi connectivity index (χ3n) is 4.01. The molecule has 1 heterocycles. The zero-order valence-corrected chi connectivity index (χ0v) is 13.4. The molecule has 1 aromatic carbocycles. The summed E-state index contributed by atoms with van der Waals surface area (Å²) >= 11 is 0. The molecule has 1 N–H and O–H groups in total. The number of carbonyl (C=O) groups is 2. The maximum absolute atomic E-state index is 12.8. The van der Waals surface area contributed by atoms with Crippen molar-refractivity contribution in [2.24, 2.45) is 0 Å². The molecule has 4 nitrogen and oxygen atoms in total. The van der Waals surface area contributed by atoms with Gasteiger partial charge in [-0.25, -0.2) is 0 Å². The van der Waals surface area contributed by atoms with Gasteiger partial charge in [0.1, 0.15) is 11.6 Å². The second-order valence-corrected chi connectivity index (χ2v) is 6.46. The van der Waals surface area contributed by atoms with Crippen molar-refractivity contribution >= 4 is 17.5 Å². The Morgan fingerprint density at radius 1 is 1.29 bits per heavy atom. The zero-order chi connectivity index (χ0) is 15.8. The van der Waals surface area contributed by atoms with Crippen molar-refractivity contribution in [3.05, 3.63) is 29.8 Å². The molecule has 1 saturated heterocycles. The van der Waals surface area contributed by atoms with Crippen LogP contribution in [-0.4, -0.2) is 23.4 Å². The van der Waals surface area contributed by atoms with Crippen LogP contribution < -0.4 is 10.2 Å². The van der Waals surface area contributed by atoms with Crippen molar-refractivity contribution in [1.29, 1.82) is 0 Å². The SMILES string of the molecule is CCC1C(=O)NC(C)(C)C(=O)N1c1cccc(C(C)C)c1. The number of anilines is 1. The molecule has 2 rings (SSSR count). The van der Waals surface area contributed by atoms with Gasteiger partial charge in [-0.2, -0.15) is 0 Å². The average molecular weight is 288 g/mol. The lowest BCUT2D eigenvalue weighted by Gasteiger charge is -2.42. The fraction of sp³-hybridized carbons (Fsp3) is 0.529. The van der Waals surface area contributed by atoms with Crippen molar-refractivity contribution < 1.29 is 9.59 Å². The van der Waals surface area contributed by atoms with Gasteiger partial charge < -0.3 is 5.32 Å². The lowest BCUT2D eigenvalue weighted by atomic mass is 9.94. The van der Waals surface area contributed by atoms with Gasteiger partial charge in [-0.15, -0.1) is 0 Å². The Balaban J connectivity index is 2.49. The molecule has 114 valence electrons. The summed E-state index contributed by atoms with van der Waals surface area (Å²) in [7, 11) is 0. The van der Waals surface area contributed by atoms with E-state index in [1.165, 1.54) is 5.56 Å². The molecule has 0 aliphatic carbocycles. The fourth-order valence-electron chi connectivity index (χ4n) is 2.70. The molecule has 0 radical (unpaired) electrons. The first kappa shape index (κ1) is 15.5. The molecule has 1 fully saturated rings. The van der Waals surface area contributed by atoms with E-state index in [9.17, 15) is 9.59 Å². The first-order valence-electron chi connectivity index (χ1n) is 7.53. The van der Waals surface area contributed by atoms with Crippen molar-refractivity contribution in [2.75, 3.05) is 4.90 Å². The highest BCUT2D eigenvalue weighted by Crippen LogP contribution is 2.29. The van der Waals surface area contributed by atoms with E-state index in [2.05, 4.69) is 25.2 Å². The van der Waals surface area contributed by atoms with Gasteiger partial charge in [-0.3, -0.25) is 14.5 Å². The summed E-state index contributed by atoms with van der Waals surface area (Å²) in [5, 5.41) is 2.81. The van der Waals surface area contributed by atoms with Crippen LogP contribution in [0.4, 0.5) is 5.69 Å². The van der Waals surface area contributed by atoms with E-state index in [1.807, 2.05) is 25.1 Å². The van der Waals surface area contributed by atoms with E-state index >= 15 is 0 Å². The van der Waals surface area contributed by atoms with Crippen molar-refractivity contribution in [3.63, 3.8) is 0 Å². The normalized spacial score (nSPS) is 21.6. The van der Waals surface area contributed by atoms with Crippen LogP contribution >= 0.6 is 0 Å². The van der Waals surface area contributed by atoms with Gasteiger partial charge in [0.15, 0.2) is 0 Å². The highest BCUT2D eigenvalue weighted by atomic mass is 16.2. The maximum Gasteiger partial charge on any atom is 0.252 e. The molecule has 4 heteroatoms. The predicted octanol–water partition coefficient (Wildman–Crippen LogP) is 2.83.